The molecule has 1 N–H and O–H groups in total. The minimum absolute atomic E-state index is 0.135. The molecule has 1 atom stereocenters. The lowest BCUT2D eigenvalue weighted by molar-refractivity contribution is -0.112. The Hall–Kier alpha value is -3.41. The van der Waals surface area contributed by atoms with Gasteiger partial charge in [-0.05, 0) is 93.4 Å². The summed E-state index contributed by atoms with van der Waals surface area (Å²) in [6, 6.07) is 14.3. The molecule has 0 bridgehead atoms. The van der Waals surface area contributed by atoms with Crippen molar-refractivity contribution in [3.8, 4) is 0 Å². The van der Waals surface area contributed by atoms with Crippen LogP contribution >= 0.6 is 11.9 Å². The SMILES string of the molecule is CC(C)(C)OC(=O)NC1CCN(Sc2cccc(CN3CCN(c4ccc5c(c4)CN(C(C=O)CCC=O)C5=O)CC3)c2)CC1. The molecule has 0 saturated carbocycles. The average Bonchev–Trinajstić information content (AvgIpc) is 3.33. The number of nitrogens with one attached hydrogen (secondary N) is 1. The van der Waals surface area contributed by atoms with Gasteiger partial charge in [-0.15, -0.1) is 0 Å². The average molecular weight is 636 g/mol. The second kappa shape index (κ2) is 14.8. The summed E-state index contributed by atoms with van der Waals surface area (Å²) in [5.74, 6) is -0.135. The number of carbonyl (C=O) groups is 4. The Labute approximate surface area is 270 Å². The zero-order valence-electron chi connectivity index (χ0n) is 26.6. The maximum absolute atomic E-state index is 12.9. The van der Waals surface area contributed by atoms with Gasteiger partial charge in [0.25, 0.3) is 5.91 Å². The van der Waals surface area contributed by atoms with E-state index in [0.29, 0.717) is 18.5 Å². The lowest BCUT2D eigenvalue weighted by Crippen LogP contribution is -2.46. The van der Waals surface area contributed by atoms with Crippen molar-refractivity contribution in [2.75, 3.05) is 44.2 Å². The highest BCUT2D eigenvalue weighted by molar-refractivity contribution is 7.97. The number of hydrogen-bond acceptors (Lipinski definition) is 9. The van der Waals surface area contributed by atoms with Gasteiger partial charge in [-0.3, -0.25) is 9.69 Å². The van der Waals surface area contributed by atoms with Gasteiger partial charge < -0.3 is 29.4 Å². The molecule has 45 heavy (non-hydrogen) atoms. The van der Waals surface area contributed by atoms with Crippen LogP contribution in [-0.2, 0) is 27.4 Å². The zero-order valence-corrected chi connectivity index (χ0v) is 27.4. The van der Waals surface area contributed by atoms with E-state index in [2.05, 4.69) is 49.8 Å². The van der Waals surface area contributed by atoms with Crippen LogP contribution in [0, 0.1) is 0 Å². The lowest BCUT2D eigenvalue weighted by Gasteiger charge is -2.36. The first-order chi connectivity index (χ1) is 21.6. The number of hydrogen-bond donors (Lipinski definition) is 1. The van der Waals surface area contributed by atoms with Gasteiger partial charge >= 0.3 is 6.09 Å². The van der Waals surface area contributed by atoms with E-state index >= 15 is 0 Å². The van der Waals surface area contributed by atoms with E-state index in [4.69, 9.17) is 4.74 Å². The van der Waals surface area contributed by atoms with Crippen LogP contribution in [0.15, 0.2) is 47.4 Å². The fourth-order valence-electron chi connectivity index (χ4n) is 6.17. The minimum atomic E-state index is -0.570. The van der Waals surface area contributed by atoms with Crippen LogP contribution in [0.3, 0.4) is 0 Å². The van der Waals surface area contributed by atoms with E-state index in [1.807, 2.05) is 32.9 Å². The Balaban J connectivity index is 1.08. The molecule has 2 saturated heterocycles. The van der Waals surface area contributed by atoms with Gasteiger partial charge in [-0.25, -0.2) is 9.10 Å². The second-order valence-electron chi connectivity index (χ2n) is 13.1. The molecule has 2 fully saturated rings. The third kappa shape index (κ3) is 8.86. The van der Waals surface area contributed by atoms with Crippen LogP contribution in [-0.4, -0.2) is 95.6 Å². The number of ether oxygens (including phenoxy) is 1. The third-order valence-electron chi connectivity index (χ3n) is 8.51. The summed E-state index contributed by atoms with van der Waals surface area (Å²) in [6.45, 7) is 12.4. The smallest absolute Gasteiger partial charge is 0.407 e. The van der Waals surface area contributed by atoms with Gasteiger partial charge in [0.05, 0.1) is 6.04 Å². The molecule has 3 aliphatic rings. The number of piperazine rings is 1. The molecule has 3 aliphatic heterocycles. The molecule has 3 heterocycles. The summed E-state index contributed by atoms with van der Waals surface area (Å²) in [5.41, 5.74) is 3.49. The molecular weight excluding hydrogens is 590 g/mol. The van der Waals surface area contributed by atoms with Crippen LogP contribution in [0.25, 0.3) is 0 Å². The normalized spacial score (nSPS) is 18.9. The molecule has 11 heteroatoms. The van der Waals surface area contributed by atoms with Crippen molar-refractivity contribution in [3.63, 3.8) is 0 Å². The molecule has 2 aromatic carbocycles. The third-order valence-corrected chi connectivity index (χ3v) is 9.60. The Morgan fingerprint density at radius 2 is 1.80 bits per heavy atom. The molecule has 2 aromatic rings. The van der Waals surface area contributed by atoms with Crippen molar-refractivity contribution >= 4 is 42.2 Å². The van der Waals surface area contributed by atoms with Crippen LogP contribution in [0.4, 0.5) is 10.5 Å². The van der Waals surface area contributed by atoms with Gasteiger partial charge in [0.15, 0.2) is 0 Å². The summed E-state index contributed by atoms with van der Waals surface area (Å²) in [5, 5.41) is 3.01. The number of aldehydes is 2. The number of rotatable bonds is 11. The van der Waals surface area contributed by atoms with Crippen molar-refractivity contribution in [3.05, 3.63) is 59.2 Å². The number of fused-ring (bicyclic) bond motifs is 1. The van der Waals surface area contributed by atoms with Crippen molar-refractivity contribution in [1.82, 2.24) is 19.4 Å². The van der Waals surface area contributed by atoms with Crippen molar-refractivity contribution in [1.29, 1.82) is 0 Å². The van der Waals surface area contributed by atoms with E-state index < -0.39 is 11.6 Å². The quantitative estimate of drug-likeness (QED) is 0.282. The van der Waals surface area contributed by atoms with E-state index in [-0.39, 0.29) is 24.5 Å². The second-order valence-corrected chi connectivity index (χ2v) is 14.2. The van der Waals surface area contributed by atoms with Gasteiger partial charge in [-0.1, -0.05) is 12.1 Å². The van der Waals surface area contributed by atoms with Crippen LogP contribution < -0.4 is 10.2 Å². The number of alkyl carbamates (subject to hydrolysis) is 1. The fraction of sp³-hybridized carbons (Fsp3) is 0.529. The molecule has 10 nitrogen and oxygen atoms in total. The maximum Gasteiger partial charge on any atom is 0.407 e. The first-order valence-corrected chi connectivity index (χ1v) is 16.7. The largest absolute Gasteiger partial charge is 0.444 e. The number of nitrogens with zero attached hydrogens (tertiary/aromatic N) is 4. The number of anilines is 1. The van der Waals surface area contributed by atoms with E-state index in [1.165, 1.54) is 10.5 Å². The first kappa shape index (κ1) is 33.0. The van der Waals surface area contributed by atoms with E-state index in [0.717, 1.165) is 82.5 Å². The number of amides is 2. The molecule has 2 amide bonds. The summed E-state index contributed by atoms with van der Waals surface area (Å²) < 4.78 is 7.78. The maximum atomic E-state index is 12.9. The number of piperidine rings is 1. The van der Waals surface area contributed by atoms with Crippen molar-refractivity contribution < 1.29 is 23.9 Å². The summed E-state index contributed by atoms with van der Waals surface area (Å²) in [6.07, 6.45) is 3.64. The van der Waals surface area contributed by atoms with Crippen LogP contribution in [0.2, 0.25) is 0 Å². The Morgan fingerprint density at radius 3 is 2.49 bits per heavy atom. The number of benzene rings is 2. The van der Waals surface area contributed by atoms with Crippen molar-refractivity contribution in [2.45, 2.75) is 82.1 Å². The first-order valence-electron chi connectivity index (χ1n) is 15.9. The highest BCUT2D eigenvalue weighted by Crippen LogP contribution is 2.31. The Kier molecular flexibility index (Phi) is 10.8. The van der Waals surface area contributed by atoms with Crippen LogP contribution in [0.1, 0.15) is 67.9 Å². The molecule has 0 radical (unpaired) electrons. The molecule has 1 unspecified atom stereocenters. The zero-order chi connectivity index (χ0) is 32.0. The van der Waals surface area contributed by atoms with Gasteiger partial charge in [-0.2, -0.15) is 0 Å². The highest BCUT2D eigenvalue weighted by Gasteiger charge is 2.33. The van der Waals surface area contributed by atoms with E-state index in [9.17, 15) is 19.2 Å². The highest BCUT2D eigenvalue weighted by atomic mass is 32.2. The van der Waals surface area contributed by atoms with Gasteiger partial charge in [0.2, 0.25) is 0 Å². The topological polar surface area (TPSA) is 102 Å². The van der Waals surface area contributed by atoms with E-state index in [1.54, 1.807) is 16.8 Å². The Bertz CT molecular complexity index is 1360. The van der Waals surface area contributed by atoms with Gasteiger partial charge in [0.1, 0.15) is 18.2 Å². The molecule has 0 aromatic heterocycles. The number of carbonyl (C=O) groups excluding carboxylic acids is 4. The molecular formula is C34H45N5O5S. The molecule has 5 rings (SSSR count). The lowest BCUT2D eigenvalue weighted by atomic mass is 10.1. The summed E-state index contributed by atoms with van der Waals surface area (Å²) >= 11 is 1.79. The fourth-order valence-corrected chi connectivity index (χ4v) is 7.20. The van der Waals surface area contributed by atoms with Crippen LogP contribution in [0.5, 0.6) is 0 Å². The minimum Gasteiger partial charge on any atom is -0.444 e. The predicted molar refractivity (Wildman–Crippen MR) is 175 cm³/mol. The van der Waals surface area contributed by atoms with Gasteiger partial charge in [0, 0.05) is 81.0 Å². The standard InChI is InChI=1S/C34H45N5O5S/c1-34(2,3)44-33(43)35-27-11-13-38(14-12-27)45-30-8-4-6-25(20-30)22-36-15-17-37(18-16-36)28-9-10-31-26(21-28)23-39(32(31)42)29(24-41)7-5-19-40/h4,6,8-10,19-21,24,27,29H,5,7,11-18,22-23H2,1-3H3,(H,35,43). The molecule has 242 valence electrons. The summed E-state index contributed by atoms with van der Waals surface area (Å²) in [4.78, 5) is 55.1. The molecule has 0 aliphatic carbocycles. The predicted octanol–water partition coefficient (Wildman–Crippen LogP) is 4.51. The van der Waals surface area contributed by atoms with Crippen molar-refractivity contribution in [2.24, 2.45) is 0 Å². The Morgan fingerprint density at radius 1 is 1.04 bits per heavy atom. The molecule has 0 spiro atoms. The monoisotopic (exact) mass is 635 g/mol. The summed E-state index contributed by atoms with van der Waals surface area (Å²) in [7, 11) is 0.